The summed E-state index contributed by atoms with van der Waals surface area (Å²) in [4.78, 5) is 34.1. The van der Waals surface area contributed by atoms with Crippen LogP contribution in [0.2, 0.25) is 0 Å². The Labute approximate surface area is 146 Å². The van der Waals surface area contributed by atoms with Gasteiger partial charge in [0, 0.05) is 18.5 Å². The molecule has 0 fully saturated rings. The van der Waals surface area contributed by atoms with Crippen molar-refractivity contribution in [3.8, 4) is 0 Å². The van der Waals surface area contributed by atoms with Crippen molar-refractivity contribution >= 4 is 18.2 Å². The Morgan fingerprint density at radius 1 is 0.958 bits per heavy atom. The number of nitrogens with one attached hydrogen (secondary N) is 3. The van der Waals surface area contributed by atoms with Crippen LogP contribution in [-0.4, -0.2) is 36.3 Å². The molecule has 0 aromatic heterocycles. The highest BCUT2D eigenvalue weighted by atomic mass is 16.2. The molecule has 0 aromatic carbocycles. The van der Waals surface area contributed by atoms with E-state index >= 15 is 0 Å². The highest BCUT2D eigenvalue weighted by molar-refractivity contribution is 5.85. The van der Waals surface area contributed by atoms with Crippen LogP contribution in [0.3, 0.4) is 0 Å². The van der Waals surface area contributed by atoms with Gasteiger partial charge in [-0.15, -0.1) is 0 Å². The summed E-state index contributed by atoms with van der Waals surface area (Å²) >= 11 is 0. The predicted molar refractivity (Wildman–Crippen MR) is 96.9 cm³/mol. The van der Waals surface area contributed by atoms with E-state index in [2.05, 4.69) is 22.9 Å². The van der Waals surface area contributed by atoms with E-state index in [-0.39, 0.29) is 29.9 Å². The fraction of sp³-hybridized carbons (Fsp3) is 0.833. The molecule has 0 aliphatic carbocycles. The lowest BCUT2D eigenvalue weighted by atomic mass is 10.0. The van der Waals surface area contributed by atoms with Gasteiger partial charge in [0.1, 0.15) is 0 Å². The van der Waals surface area contributed by atoms with E-state index in [4.69, 9.17) is 0 Å². The monoisotopic (exact) mass is 341 g/mol. The summed E-state index contributed by atoms with van der Waals surface area (Å²) in [5, 5.41) is 8.43. The third-order valence-corrected chi connectivity index (χ3v) is 4.10. The Hall–Kier alpha value is -1.59. The topological polar surface area (TPSA) is 87.3 Å². The molecule has 0 spiro atoms. The fourth-order valence-corrected chi connectivity index (χ4v) is 2.69. The first-order chi connectivity index (χ1) is 11.4. The smallest absolute Gasteiger partial charge is 0.315 e. The van der Waals surface area contributed by atoms with Gasteiger partial charge in [0.25, 0.3) is 0 Å². The van der Waals surface area contributed by atoms with Gasteiger partial charge in [-0.25, -0.2) is 4.79 Å². The summed E-state index contributed by atoms with van der Waals surface area (Å²) < 4.78 is 0. The Kier molecular flexibility index (Phi) is 12.9. The lowest BCUT2D eigenvalue weighted by Crippen LogP contribution is -2.44. The normalized spacial score (nSPS) is 14.3. The van der Waals surface area contributed by atoms with Crippen molar-refractivity contribution in [2.45, 2.75) is 97.2 Å². The van der Waals surface area contributed by atoms with Gasteiger partial charge >= 0.3 is 6.03 Å². The molecule has 3 N–H and O–H groups in total. The number of ketones is 1. The largest absolute Gasteiger partial charge is 0.349 e. The molecule has 0 bridgehead atoms. The molecule has 24 heavy (non-hydrogen) atoms. The molecule has 3 atom stereocenters. The van der Waals surface area contributed by atoms with Gasteiger partial charge in [-0.05, 0) is 39.5 Å². The van der Waals surface area contributed by atoms with E-state index in [1.807, 2.05) is 20.8 Å². The van der Waals surface area contributed by atoms with Crippen molar-refractivity contribution in [3.05, 3.63) is 0 Å². The van der Waals surface area contributed by atoms with Gasteiger partial charge in [-0.2, -0.15) is 0 Å². The minimum absolute atomic E-state index is 0.0973. The molecular weight excluding hydrogens is 306 g/mol. The maximum Gasteiger partial charge on any atom is 0.315 e. The molecule has 0 aromatic rings. The SMILES string of the molecule is CCCC(C)NC(=O)NC(C)CCCCCC(=O)C(CC)NC=O. The minimum Gasteiger partial charge on any atom is -0.349 e. The van der Waals surface area contributed by atoms with E-state index < -0.39 is 0 Å². The van der Waals surface area contributed by atoms with Crippen molar-refractivity contribution < 1.29 is 14.4 Å². The molecule has 140 valence electrons. The summed E-state index contributed by atoms with van der Waals surface area (Å²) in [6.07, 6.45) is 7.38. The molecule has 0 heterocycles. The number of rotatable bonds is 14. The summed E-state index contributed by atoms with van der Waals surface area (Å²) in [7, 11) is 0. The van der Waals surface area contributed by atoms with Gasteiger partial charge in [-0.3, -0.25) is 9.59 Å². The average molecular weight is 341 g/mol. The second-order valence-electron chi connectivity index (χ2n) is 6.52. The zero-order valence-electron chi connectivity index (χ0n) is 15.7. The van der Waals surface area contributed by atoms with Crippen LogP contribution in [0.25, 0.3) is 0 Å². The van der Waals surface area contributed by atoms with Crippen LogP contribution in [0.4, 0.5) is 4.79 Å². The number of urea groups is 1. The maximum absolute atomic E-state index is 11.9. The third kappa shape index (κ3) is 11.0. The number of hydrogen-bond acceptors (Lipinski definition) is 3. The first-order valence-electron chi connectivity index (χ1n) is 9.23. The number of Topliss-reactive ketones (excluding diaryl/α,β-unsaturated/α-hetero) is 1. The minimum atomic E-state index is -0.350. The molecule has 6 heteroatoms. The van der Waals surface area contributed by atoms with Crippen molar-refractivity contribution in [2.24, 2.45) is 0 Å². The summed E-state index contributed by atoms with van der Waals surface area (Å²) in [5.41, 5.74) is 0. The number of carbonyl (C=O) groups excluding carboxylic acids is 3. The van der Waals surface area contributed by atoms with Crippen LogP contribution in [0, 0.1) is 0 Å². The average Bonchev–Trinajstić information content (AvgIpc) is 2.51. The number of amides is 3. The second-order valence-corrected chi connectivity index (χ2v) is 6.52. The fourth-order valence-electron chi connectivity index (χ4n) is 2.69. The van der Waals surface area contributed by atoms with Crippen molar-refractivity contribution in [1.82, 2.24) is 16.0 Å². The van der Waals surface area contributed by atoms with Gasteiger partial charge < -0.3 is 16.0 Å². The van der Waals surface area contributed by atoms with Crippen LogP contribution in [0.15, 0.2) is 0 Å². The number of unbranched alkanes of at least 4 members (excludes halogenated alkanes) is 2. The molecule has 0 rings (SSSR count). The van der Waals surface area contributed by atoms with Gasteiger partial charge in [0.2, 0.25) is 6.41 Å². The Bertz CT molecular complexity index is 375. The zero-order chi connectivity index (χ0) is 18.4. The third-order valence-electron chi connectivity index (χ3n) is 4.10. The van der Waals surface area contributed by atoms with Gasteiger partial charge in [0.15, 0.2) is 5.78 Å². The van der Waals surface area contributed by atoms with Crippen LogP contribution in [0.5, 0.6) is 0 Å². The van der Waals surface area contributed by atoms with Crippen molar-refractivity contribution in [3.63, 3.8) is 0 Å². The first kappa shape index (κ1) is 22.4. The Morgan fingerprint density at radius 2 is 1.58 bits per heavy atom. The lowest BCUT2D eigenvalue weighted by molar-refractivity contribution is -0.123. The van der Waals surface area contributed by atoms with Crippen LogP contribution in [-0.2, 0) is 9.59 Å². The molecule has 0 aliphatic rings. The van der Waals surface area contributed by atoms with Gasteiger partial charge in [-0.1, -0.05) is 33.1 Å². The van der Waals surface area contributed by atoms with E-state index in [1.165, 1.54) is 0 Å². The van der Waals surface area contributed by atoms with Crippen molar-refractivity contribution in [2.75, 3.05) is 0 Å². The van der Waals surface area contributed by atoms with Crippen LogP contribution < -0.4 is 16.0 Å². The summed E-state index contributed by atoms with van der Waals surface area (Å²) in [6.45, 7) is 7.99. The summed E-state index contributed by atoms with van der Waals surface area (Å²) in [5.74, 6) is 0.0973. The van der Waals surface area contributed by atoms with E-state index in [0.29, 0.717) is 19.3 Å². The lowest BCUT2D eigenvalue weighted by Gasteiger charge is -2.18. The van der Waals surface area contributed by atoms with Crippen LogP contribution in [0.1, 0.15) is 79.1 Å². The van der Waals surface area contributed by atoms with Crippen LogP contribution >= 0.6 is 0 Å². The zero-order valence-corrected chi connectivity index (χ0v) is 15.7. The molecule has 0 saturated carbocycles. The predicted octanol–water partition coefficient (Wildman–Crippen LogP) is 2.91. The molecule has 6 nitrogen and oxygen atoms in total. The highest BCUT2D eigenvalue weighted by Gasteiger charge is 2.14. The molecular formula is C18H35N3O3. The number of carbonyl (C=O) groups is 3. The number of hydrogen-bond donors (Lipinski definition) is 3. The molecule has 0 aliphatic heterocycles. The summed E-state index contributed by atoms with van der Waals surface area (Å²) in [6, 6.07) is -0.143. The van der Waals surface area contributed by atoms with E-state index in [0.717, 1.165) is 38.5 Å². The first-order valence-corrected chi connectivity index (χ1v) is 9.23. The molecule has 0 radical (unpaired) electrons. The quantitative estimate of drug-likeness (QED) is 0.335. The molecule has 0 saturated heterocycles. The van der Waals surface area contributed by atoms with E-state index in [1.54, 1.807) is 0 Å². The van der Waals surface area contributed by atoms with E-state index in [9.17, 15) is 14.4 Å². The molecule has 3 amide bonds. The highest BCUT2D eigenvalue weighted by Crippen LogP contribution is 2.08. The second kappa shape index (κ2) is 13.8. The molecule has 3 unspecified atom stereocenters. The maximum atomic E-state index is 11.9. The Morgan fingerprint density at radius 3 is 2.12 bits per heavy atom. The van der Waals surface area contributed by atoms with Crippen molar-refractivity contribution in [1.29, 1.82) is 0 Å². The standard InChI is InChI=1S/C18H35N3O3/c1-5-10-14(3)20-18(24)21-15(4)11-8-7-9-12-17(23)16(6-2)19-13-22/h13-16H,5-12H2,1-4H3,(H,19,22)(H2,20,21,24). The van der Waals surface area contributed by atoms with Gasteiger partial charge in [0.05, 0.1) is 6.04 Å². The Balaban J connectivity index is 3.78.